The molecule has 2 aliphatic heterocycles. The van der Waals surface area contributed by atoms with E-state index in [0.717, 1.165) is 62.4 Å². The van der Waals surface area contributed by atoms with Gasteiger partial charge in [-0.1, -0.05) is 13.0 Å². The zero-order chi connectivity index (χ0) is 43.1. The fraction of sp³-hybridized carbons (Fsp3) is 0.395. The van der Waals surface area contributed by atoms with E-state index in [1.165, 1.54) is 11.6 Å². The van der Waals surface area contributed by atoms with Gasteiger partial charge in [0.25, 0.3) is 0 Å². The number of ether oxygens (including phenoxy) is 1. The van der Waals surface area contributed by atoms with Crippen LogP contribution < -0.4 is 46.8 Å². The highest BCUT2D eigenvalue weighted by molar-refractivity contribution is 9.10. The molecule has 3 aromatic carbocycles. The number of fused-ring (bicyclic) bond motifs is 1. The molecule has 0 aliphatic carbocycles. The van der Waals surface area contributed by atoms with Crippen molar-refractivity contribution in [2.75, 3.05) is 74.0 Å². The predicted molar refractivity (Wildman–Crippen MR) is 243 cm³/mol. The first-order valence-corrected chi connectivity index (χ1v) is 23.9. The molecule has 1 unspecified atom stereocenters. The van der Waals surface area contributed by atoms with Crippen LogP contribution in [-0.2, 0) is 27.0 Å². The summed E-state index contributed by atoms with van der Waals surface area (Å²) in [7, 11) is -1.12. The lowest BCUT2D eigenvalue weighted by atomic mass is 10.0. The Balaban J connectivity index is 0.899. The van der Waals surface area contributed by atoms with Crippen molar-refractivity contribution in [3.63, 3.8) is 0 Å². The summed E-state index contributed by atoms with van der Waals surface area (Å²) < 4.78 is 34.8. The first-order chi connectivity index (χ1) is 29.4. The molecule has 4 heterocycles. The summed E-state index contributed by atoms with van der Waals surface area (Å²) in [6.45, 7) is 9.73. The zero-order valence-electron chi connectivity index (χ0n) is 34.8. The fourth-order valence-electron chi connectivity index (χ4n) is 7.79. The molecule has 5 aromatic rings. The first kappa shape index (κ1) is 43.9. The molecule has 0 spiro atoms. The van der Waals surface area contributed by atoms with Gasteiger partial charge in [-0.25, -0.2) is 9.37 Å². The maximum Gasteiger partial charge on any atom is 0.249 e. The van der Waals surface area contributed by atoms with Gasteiger partial charge in [-0.05, 0) is 109 Å². The van der Waals surface area contributed by atoms with E-state index in [-0.39, 0.29) is 18.0 Å². The second-order valence-electron chi connectivity index (χ2n) is 15.6. The highest BCUT2D eigenvalue weighted by Gasteiger charge is 2.28. The summed E-state index contributed by atoms with van der Waals surface area (Å²) in [5, 5.41) is 19.7. The second kappa shape index (κ2) is 19.7. The van der Waals surface area contributed by atoms with Crippen LogP contribution in [0.4, 0.5) is 38.9 Å². The van der Waals surface area contributed by atoms with Gasteiger partial charge in [0.1, 0.15) is 36.1 Å². The molecule has 0 bridgehead atoms. The molecule has 7 rings (SSSR count). The Morgan fingerprint density at radius 1 is 0.951 bits per heavy atom. The smallest absolute Gasteiger partial charge is 0.249 e. The third kappa shape index (κ3) is 10.8. The minimum Gasteiger partial charge on any atom is -0.494 e. The van der Waals surface area contributed by atoms with E-state index >= 15 is 0 Å². The summed E-state index contributed by atoms with van der Waals surface area (Å²) in [4.78, 5) is 44.1. The molecular weight excluding hydrogens is 864 g/mol. The number of methoxy groups -OCH3 is 1. The summed E-state index contributed by atoms with van der Waals surface area (Å²) in [5.74, 6) is 0.394. The SMILES string of the molecule is CCc1cc(Nc2ncc(Br)c(Nc3ccc4nccnc4c3P(C)(C)=O)n2)c(OC)cc1N1CCC(NCCNCCc2ccc(NC3CCC(=O)NC3=O)c(F)c2)CC1. The Kier molecular flexibility index (Phi) is 14.1. The molecular formula is C43H52BrFN11O4P. The summed E-state index contributed by atoms with van der Waals surface area (Å²) >= 11 is 3.58. The summed E-state index contributed by atoms with van der Waals surface area (Å²) in [6, 6.07) is 12.7. The number of nitrogens with one attached hydrogen (secondary N) is 6. The van der Waals surface area contributed by atoms with Crippen molar-refractivity contribution in [1.29, 1.82) is 0 Å². The highest BCUT2D eigenvalue weighted by Crippen LogP contribution is 2.42. The number of piperidine rings is 2. The molecule has 15 nitrogen and oxygen atoms in total. The van der Waals surface area contributed by atoms with E-state index in [9.17, 15) is 18.5 Å². The van der Waals surface area contributed by atoms with E-state index in [2.05, 4.69) is 86.7 Å². The van der Waals surface area contributed by atoms with Crippen LogP contribution in [0.15, 0.2) is 65.5 Å². The number of benzene rings is 3. The van der Waals surface area contributed by atoms with Crippen molar-refractivity contribution < 1.29 is 23.3 Å². The number of aryl methyl sites for hydroxylation is 1. The Hall–Kier alpha value is -5.22. The zero-order valence-corrected chi connectivity index (χ0v) is 37.3. The summed E-state index contributed by atoms with van der Waals surface area (Å²) in [6.07, 6.45) is 8.97. The Morgan fingerprint density at radius 2 is 1.74 bits per heavy atom. The molecule has 2 amide bonds. The van der Waals surface area contributed by atoms with Crippen molar-refractivity contribution in [3.05, 3.63) is 82.5 Å². The normalized spacial score (nSPS) is 16.1. The number of hydrogen-bond donors (Lipinski definition) is 6. The number of anilines is 6. The minimum atomic E-state index is -2.78. The largest absolute Gasteiger partial charge is 0.494 e. The van der Waals surface area contributed by atoms with Gasteiger partial charge in [-0.15, -0.1) is 0 Å². The predicted octanol–water partition coefficient (Wildman–Crippen LogP) is 6.24. The van der Waals surface area contributed by atoms with Gasteiger partial charge >= 0.3 is 0 Å². The number of halogens is 2. The van der Waals surface area contributed by atoms with Gasteiger partial charge in [0.2, 0.25) is 17.8 Å². The molecule has 322 valence electrons. The molecule has 0 radical (unpaired) electrons. The van der Waals surface area contributed by atoms with Crippen LogP contribution in [0.5, 0.6) is 5.75 Å². The Bertz CT molecular complexity index is 2450. The quantitative estimate of drug-likeness (QED) is 0.0350. The van der Waals surface area contributed by atoms with Crippen LogP contribution in [-0.4, -0.2) is 97.0 Å². The Morgan fingerprint density at radius 3 is 2.48 bits per heavy atom. The van der Waals surface area contributed by atoms with Gasteiger partial charge < -0.3 is 40.8 Å². The summed E-state index contributed by atoms with van der Waals surface area (Å²) in [5.41, 5.74) is 6.09. The van der Waals surface area contributed by atoms with Crippen LogP contribution in [0.1, 0.15) is 43.7 Å². The fourth-order valence-corrected chi connectivity index (χ4v) is 9.47. The third-order valence-corrected chi connectivity index (χ3v) is 13.1. The molecule has 2 saturated heterocycles. The molecule has 2 aliphatic rings. The molecule has 6 N–H and O–H groups in total. The average molecular weight is 917 g/mol. The maximum absolute atomic E-state index is 14.8. The van der Waals surface area contributed by atoms with Gasteiger partial charge in [-0.3, -0.25) is 24.9 Å². The number of aromatic nitrogens is 4. The van der Waals surface area contributed by atoms with Crippen molar-refractivity contribution in [3.8, 4) is 5.75 Å². The lowest BCUT2D eigenvalue weighted by Crippen LogP contribution is -2.47. The van der Waals surface area contributed by atoms with E-state index in [4.69, 9.17) is 9.72 Å². The number of carbonyl (C=O) groups is 2. The first-order valence-electron chi connectivity index (χ1n) is 20.5. The molecule has 2 fully saturated rings. The van der Waals surface area contributed by atoms with Gasteiger partial charge in [-0.2, -0.15) is 4.98 Å². The number of nitrogens with zero attached hydrogens (tertiary/aromatic N) is 5. The van der Waals surface area contributed by atoms with Crippen LogP contribution in [0, 0.1) is 5.82 Å². The second-order valence-corrected chi connectivity index (χ2v) is 19.6. The topological polar surface area (TPSA) is 187 Å². The number of rotatable bonds is 17. The minimum absolute atomic E-state index is 0.234. The average Bonchev–Trinajstić information content (AvgIpc) is 3.24. The lowest BCUT2D eigenvalue weighted by Gasteiger charge is -2.35. The van der Waals surface area contributed by atoms with E-state index < -0.39 is 24.9 Å². The molecule has 18 heteroatoms. The number of hydrogen-bond acceptors (Lipinski definition) is 14. The Labute approximate surface area is 363 Å². The van der Waals surface area contributed by atoms with Crippen molar-refractivity contribution in [1.82, 2.24) is 35.9 Å². The van der Waals surface area contributed by atoms with Crippen molar-refractivity contribution in [2.45, 2.75) is 57.5 Å². The van der Waals surface area contributed by atoms with Crippen LogP contribution in [0.2, 0.25) is 0 Å². The van der Waals surface area contributed by atoms with E-state index in [0.29, 0.717) is 69.4 Å². The molecule has 61 heavy (non-hydrogen) atoms. The van der Waals surface area contributed by atoms with Gasteiger partial charge in [0.05, 0.1) is 39.5 Å². The molecule has 0 saturated carbocycles. The van der Waals surface area contributed by atoms with Crippen LogP contribution in [0.25, 0.3) is 11.0 Å². The van der Waals surface area contributed by atoms with Crippen molar-refractivity contribution in [2.24, 2.45) is 0 Å². The lowest BCUT2D eigenvalue weighted by molar-refractivity contribution is -0.133. The van der Waals surface area contributed by atoms with Gasteiger partial charge in [0.15, 0.2) is 0 Å². The molecule has 2 aromatic heterocycles. The monoisotopic (exact) mass is 915 g/mol. The van der Waals surface area contributed by atoms with E-state index in [1.807, 2.05) is 18.2 Å². The highest BCUT2D eigenvalue weighted by atomic mass is 79.9. The van der Waals surface area contributed by atoms with Crippen molar-refractivity contribution >= 4 is 85.7 Å². The standard InChI is InChI=1S/C43H52BrFN11O4P/c1-5-27-23-35(53-43-50-25-29(44)41(55-43)52-33-9-8-32-39(49-19-18-48-32)40(33)61(3,4)59)37(60-2)24-36(27)56-20-13-28(14-21-56)47-17-16-46-15-12-26-6-7-31(30(45)22-26)51-34-10-11-38(57)54-42(34)58/h6-9,18-19,22-25,28,34,46-47,51H,5,10-17,20-21H2,1-4H3,(H,54,57,58)(H2,50,52,53,55). The van der Waals surface area contributed by atoms with Crippen LogP contribution in [0.3, 0.4) is 0 Å². The van der Waals surface area contributed by atoms with E-state index in [1.54, 1.807) is 45.1 Å². The van der Waals surface area contributed by atoms with Crippen LogP contribution >= 0.6 is 23.1 Å². The maximum atomic E-state index is 14.8. The molecule has 1 atom stereocenters. The number of carbonyl (C=O) groups excluding carboxylic acids is 2. The number of amides is 2. The number of imide groups is 1. The third-order valence-electron chi connectivity index (χ3n) is 10.9. The van der Waals surface area contributed by atoms with Gasteiger partial charge in [0, 0.05) is 69.0 Å².